The highest BCUT2D eigenvalue weighted by Gasteiger charge is 2.21. The third kappa shape index (κ3) is 2.42. The normalized spacial score (nSPS) is 20.6. The molecular weight excluding hydrogens is 243 g/mol. The van der Waals surface area contributed by atoms with E-state index in [-0.39, 0.29) is 5.92 Å². The highest BCUT2D eigenvalue weighted by atomic mass is 35.5. The quantitative estimate of drug-likeness (QED) is 0.764. The van der Waals surface area contributed by atoms with Crippen molar-refractivity contribution < 1.29 is 0 Å². The van der Waals surface area contributed by atoms with Crippen LogP contribution in [0.2, 0.25) is 10.0 Å². The van der Waals surface area contributed by atoms with Crippen LogP contribution in [0.3, 0.4) is 0 Å². The lowest BCUT2D eigenvalue weighted by Crippen LogP contribution is -2.34. The third-order valence-corrected chi connectivity index (χ3v) is 3.39. The van der Waals surface area contributed by atoms with Gasteiger partial charge in [-0.05, 0) is 31.0 Å². The highest BCUT2D eigenvalue weighted by Crippen LogP contribution is 2.31. The third-order valence-electron chi connectivity index (χ3n) is 2.85. The van der Waals surface area contributed by atoms with E-state index in [0.717, 1.165) is 31.6 Å². The van der Waals surface area contributed by atoms with Gasteiger partial charge in [0.05, 0.1) is 22.7 Å². The van der Waals surface area contributed by atoms with Gasteiger partial charge in [0, 0.05) is 18.1 Å². The minimum atomic E-state index is 0.112. The first kappa shape index (κ1) is 11.6. The van der Waals surface area contributed by atoms with Crippen LogP contribution in [-0.2, 0) is 0 Å². The van der Waals surface area contributed by atoms with Crippen LogP contribution in [0.25, 0.3) is 0 Å². The summed E-state index contributed by atoms with van der Waals surface area (Å²) < 4.78 is 0. The van der Waals surface area contributed by atoms with Crippen LogP contribution >= 0.6 is 23.2 Å². The molecule has 1 saturated heterocycles. The van der Waals surface area contributed by atoms with Gasteiger partial charge in [-0.1, -0.05) is 23.2 Å². The Kier molecular flexibility index (Phi) is 3.58. The van der Waals surface area contributed by atoms with Gasteiger partial charge in [0.2, 0.25) is 0 Å². The van der Waals surface area contributed by atoms with Gasteiger partial charge in [-0.3, -0.25) is 0 Å². The molecule has 0 spiro atoms. The van der Waals surface area contributed by atoms with E-state index in [4.69, 9.17) is 28.5 Å². The molecule has 84 valence electrons. The van der Waals surface area contributed by atoms with Crippen molar-refractivity contribution in [2.24, 2.45) is 5.92 Å². The second kappa shape index (κ2) is 4.95. The summed E-state index contributed by atoms with van der Waals surface area (Å²) in [5.41, 5.74) is 0.978. The minimum Gasteiger partial charge on any atom is -0.369 e. The average molecular weight is 255 g/mol. The van der Waals surface area contributed by atoms with E-state index in [1.165, 1.54) is 0 Å². The number of anilines is 1. The summed E-state index contributed by atoms with van der Waals surface area (Å²) in [5.74, 6) is 0.112. The molecule has 0 aliphatic carbocycles. The lowest BCUT2D eigenvalue weighted by molar-refractivity contribution is 0.494. The van der Waals surface area contributed by atoms with Crippen molar-refractivity contribution in [3.63, 3.8) is 0 Å². The SMILES string of the molecule is N#CC1CCCN(c2ccc(Cl)cc2Cl)C1. The molecule has 0 amide bonds. The molecule has 16 heavy (non-hydrogen) atoms. The molecule has 2 rings (SSSR count). The van der Waals surface area contributed by atoms with E-state index < -0.39 is 0 Å². The second-order valence-electron chi connectivity index (χ2n) is 4.01. The number of nitrogens with zero attached hydrogens (tertiary/aromatic N) is 2. The van der Waals surface area contributed by atoms with Gasteiger partial charge < -0.3 is 4.90 Å². The minimum absolute atomic E-state index is 0.112. The van der Waals surface area contributed by atoms with Gasteiger partial charge in [0.15, 0.2) is 0 Å². The summed E-state index contributed by atoms with van der Waals surface area (Å²) in [4.78, 5) is 2.16. The van der Waals surface area contributed by atoms with Crippen molar-refractivity contribution in [2.75, 3.05) is 18.0 Å². The van der Waals surface area contributed by atoms with Crippen molar-refractivity contribution in [3.05, 3.63) is 28.2 Å². The van der Waals surface area contributed by atoms with Gasteiger partial charge in [-0.15, -0.1) is 0 Å². The number of hydrogen-bond acceptors (Lipinski definition) is 2. The van der Waals surface area contributed by atoms with Gasteiger partial charge in [0.1, 0.15) is 0 Å². The van der Waals surface area contributed by atoms with Crippen molar-refractivity contribution in [1.82, 2.24) is 0 Å². The first-order chi connectivity index (χ1) is 7.70. The smallest absolute Gasteiger partial charge is 0.0674 e. The molecule has 1 aromatic carbocycles. The first-order valence-electron chi connectivity index (χ1n) is 5.30. The molecule has 4 heteroatoms. The van der Waals surface area contributed by atoms with E-state index in [0.29, 0.717) is 10.0 Å². The second-order valence-corrected chi connectivity index (χ2v) is 4.85. The molecule has 1 aromatic rings. The molecule has 0 saturated carbocycles. The standard InChI is InChI=1S/C12H12Cl2N2/c13-10-3-4-12(11(14)6-10)16-5-1-2-9(7-15)8-16/h3-4,6,9H,1-2,5,8H2. The Balaban J connectivity index is 2.20. The zero-order chi connectivity index (χ0) is 11.5. The molecule has 1 heterocycles. The summed E-state index contributed by atoms with van der Waals surface area (Å²) in [6.07, 6.45) is 2.02. The summed E-state index contributed by atoms with van der Waals surface area (Å²) >= 11 is 12.0. The van der Waals surface area contributed by atoms with E-state index in [9.17, 15) is 0 Å². The Hall–Kier alpha value is -0.910. The van der Waals surface area contributed by atoms with Gasteiger partial charge in [-0.25, -0.2) is 0 Å². The molecule has 1 unspecified atom stereocenters. The average Bonchev–Trinajstić information content (AvgIpc) is 2.29. The van der Waals surface area contributed by atoms with Crippen LogP contribution in [0.1, 0.15) is 12.8 Å². The number of hydrogen-bond donors (Lipinski definition) is 0. The van der Waals surface area contributed by atoms with Crippen LogP contribution in [0, 0.1) is 17.2 Å². The molecule has 2 nitrogen and oxygen atoms in total. The fraction of sp³-hybridized carbons (Fsp3) is 0.417. The number of benzene rings is 1. The maximum absolute atomic E-state index is 8.94. The van der Waals surface area contributed by atoms with E-state index >= 15 is 0 Å². The van der Waals surface area contributed by atoms with Gasteiger partial charge in [-0.2, -0.15) is 5.26 Å². The van der Waals surface area contributed by atoms with E-state index in [1.807, 2.05) is 12.1 Å². The molecule has 0 bridgehead atoms. The monoisotopic (exact) mass is 254 g/mol. The Morgan fingerprint density at radius 3 is 2.88 bits per heavy atom. The number of rotatable bonds is 1. The Bertz CT molecular complexity index is 426. The highest BCUT2D eigenvalue weighted by molar-refractivity contribution is 6.36. The zero-order valence-electron chi connectivity index (χ0n) is 8.79. The summed E-state index contributed by atoms with van der Waals surface area (Å²) in [6.45, 7) is 1.72. The predicted molar refractivity (Wildman–Crippen MR) is 67.0 cm³/mol. The Morgan fingerprint density at radius 1 is 1.38 bits per heavy atom. The van der Waals surface area contributed by atoms with Crippen molar-refractivity contribution in [3.8, 4) is 6.07 Å². The molecule has 1 aliphatic heterocycles. The Morgan fingerprint density at radius 2 is 2.19 bits per heavy atom. The molecular formula is C12H12Cl2N2. The zero-order valence-corrected chi connectivity index (χ0v) is 10.3. The maximum Gasteiger partial charge on any atom is 0.0674 e. The fourth-order valence-corrected chi connectivity index (χ4v) is 2.57. The lowest BCUT2D eigenvalue weighted by Gasteiger charge is -2.32. The van der Waals surface area contributed by atoms with Gasteiger partial charge >= 0.3 is 0 Å². The van der Waals surface area contributed by atoms with Crippen molar-refractivity contribution >= 4 is 28.9 Å². The molecule has 1 atom stereocenters. The van der Waals surface area contributed by atoms with Gasteiger partial charge in [0.25, 0.3) is 0 Å². The van der Waals surface area contributed by atoms with Crippen LogP contribution in [-0.4, -0.2) is 13.1 Å². The largest absolute Gasteiger partial charge is 0.369 e. The number of piperidine rings is 1. The molecule has 0 N–H and O–H groups in total. The van der Waals surface area contributed by atoms with Crippen molar-refractivity contribution in [1.29, 1.82) is 5.26 Å². The molecule has 1 aliphatic rings. The maximum atomic E-state index is 8.94. The van der Waals surface area contributed by atoms with Crippen LogP contribution < -0.4 is 4.90 Å². The van der Waals surface area contributed by atoms with Crippen LogP contribution in [0.5, 0.6) is 0 Å². The number of halogens is 2. The van der Waals surface area contributed by atoms with Crippen LogP contribution in [0.4, 0.5) is 5.69 Å². The van der Waals surface area contributed by atoms with E-state index in [1.54, 1.807) is 6.07 Å². The summed E-state index contributed by atoms with van der Waals surface area (Å²) in [6, 6.07) is 7.82. The lowest BCUT2D eigenvalue weighted by atomic mass is 9.99. The van der Waals surface area contributed by atoms with Crippen molar-refractivity contribution in [2.45, 2.75) is 12.8 Å². The summed E-state index contributed by atoms with van der Waals surface area (Å²) in [7, 11) is 0. The predicted octanol–water partition coefficient (Wildman–Crippen LogP) is 3.73. The molecule has 0 radical (unpaired) electrons. The summed E-state index contributed by atoms with van der Waals surface area (Å²) in [5, 5.41) is 10.2. The van der Waals surface area contributed by atoms with E-state index in [2.05, 4.69) is 11.0 Å². The van der Waals surface area contributed by atoms with Crippen LogP contribution in [0.15, 0.2) is 18.2 Å². The molecule has 0 aromatic heterocycles. The Labute approximate surface area is 105 Å². The number of nitriles is 1. The molecule has 1 fully saturated rings. The fourth-order valence-electron chi connectivity index (χ4n) is 2.04. The topological polar surface area (TPSA) is 27.0 Å². The first-order valence-corrected chi connectivity index (χ1v) is 6.06.